The summed E-state index contributed by atoms with van der Waals surface area (Å²) < 4.78 is 5.33. The van der Waals surface area contributed by atoms with Crippen molar-refractivity contribution in [2.45, 2.75) is 19.4 Å². The molecule has 2 N–H and O–H groups in total. The van der Waals surface area contributed by atoms with Crippen LogP contribution in [0.4, 0.5) is 4.79 Å². The van der Waals surface area contributed by atoms with Crippen LogP contribution in [0.15, 0.2) is 17.5 Å². The number of piperidine rings is 1. The van der Waals surface area contributed by atoms with Crippen LogP contribution < -0.4 is 10.6 Å². The van der Waals surface area contributed by atoms with Crippen LogP contribution in [0, 0.1) is 5.92 Å². The third-order valence-corrected chi connectivity index (χ3v) is 5.78. The molecule has 8 heteroatoms. The first-order valence-corrected chi connectivity index (χ1v) is 10.2. The highest BCUT2D eigenvalue weighted by Crippen LogP contribution is 2.17. The SMILES string of the molecule is O=C(NCCN1CCOCC1)C1CCCN(C(=O)NCc2cccs2)C1. The molecule has 2 aliphatic rings. The van der Waals surface area contributed by atoms with Crippen molar-refractivity contribution in [2.24, 2.45) is 5.92 Å². The van der Waals surface area contributed by atoms with Crippen LogP contribution in [0.5, 0.6) is 0 Å². The highest BCUT2D eigenvalue weighted by atomic mass is 32.1. The molecule has 3 heterocycles. The van der Waals surface area contributed by atoms with Gasteiger partial charge in [-0.3, -0.25) is 9.69 Å². The highest BCUT2D eigenvalue weighted by Gasteiger charge is 2.28. The van der Waals surface area contributed by atoms with E-state index in [9.17, 15) is 9.59 Å². The maximum Gasteiger partial charge on any atom is 0.317 e. The number of amides is 3. The van der Waals surface area contributed by atoms with Gasteiger partial charge in [-0.25, -0.2) is 4.79 Å². The maximum absolute atomic E-state index is 12.4. The monoisotopic (exact) mass is 380 g/mol. The average Bonchev–Trinajstić information content (AvgIpc) is 3.20. The predicted molar refractivity (Wildman–Crippen MR) is 101 cm³/mol. The summed E-state index contributed by atoms with van der Waals surface area (Å²) >= 11 is 1.63. The van der Waals surface area contributed by atoms with Gasteiger partial charge in [-0.2, -0.15) is 0 Å². The second-order valence-electron chi connectivity index (χ2n) is 6.77. The molecule has 2 aliphatic heterocycles. The third kappa shape index (κ3) is 5.69. The van der Waals surface area contributed by atoms with Crippen LogP contribution in [0.3, 0.4) is 0 Å². The zero-order chi connectivity index (χ0) is 18.2. The van der Waals surface area contributed by atoms with E-state index in [0.29, 0.717) is 26.2 Å². The van der Waals surface area contributed by atoms with Gasteiger partial charge < -0.3 is 20.3 Å². The van der Waals surface area contributed by atoms with Gasteiger partial charge in [-0.15, -0.1) is 11.3 Å². The van der Waals surface area contributed by atoms with Crippen LogP contribution in [0.2, 0.25) is 0 Å². The Bertz CT molecular complexity index is 575. The van der Waals surface area contributed by atoms with Gasteiger partial charge in [0.1, 0.15) is 0 Å². The molecule has 1 unspecified atom stereocenters. The van der Waals surface area contributed by atoms with Crippen molar-refractivity contribution in [1.29, 1.82) is 0 Å². The van der Waals surface area contributed by atoms with E-state index in [0.717, 1.165) is 50.6 Å². The average molecular weight is 381 g/mol. The molecule has 0 spiro atoms. The third-order valence-electron chi connectivity index (χ3n) is 4.90. The standard InChI is InChI=1S/C18H28N4O3S/c23-17(19-5-7-21-8-10-25-11-9-21)15-3-1-6-22(14-15)18(24)20-13-16-4-2-12-26-16/h2,4,12,15H,1,3,5-11,13-14H2,(H,19,23)(H,20,24). The number of rotatable bonds is 6. The second kappa shape index (κ2) is 9.89. The van der Waals surface area contributed by atoms with Crippen LogP contribution in [-0.2, 0) is 16.1 Å². The Balaban J connectivity index is 1.37. The number of nitrogens with zero attached hydrogens (tertiary/aromatic N) is 2. The van der Waals surface area contributed by atoms with Crippen LogP contribution in [0.25, 0.3) is 0 Å². The fourth-order valence-corrected chi connectivity index (χ4v) is 4.01. The molecule has 1 aromatic rings. The summed E-state index contributed by atoms with van der Waals surface area (Å²) in [5, 5.41) is 7.98. The summed E-state index contributed by atoms with van der Waals surface area (Å²) in [4.78, 5) is 30.0. The fraction of sp³-hybridized carbons (Fsp3) is 0.667. The van der Waals surface area contributed by atoms with Crippen molar-refractivity contribution < 1.29 is 14.3 Å². The van der Waals surface area contributed by atoms with Gasteiger partial charge >= 0.3 is 6.03 Å². The number of thiophene rings is 1. The summed E-state index contributed by atoms with van der Waals surface area (Å²) in [6, 6.07) is 3.90. The molecule has 3 rings (SSSR count). The summed E-state index contributed by atoms with van der Waals surface area (Å²) in [6.07, 6.45) is 1.71. The predicted octanol–water partition coefficient (Wildman–Crippen LogP) is 1.12. The Hall–Kier alpha value is -1.64. The molecule has 0 aromatic carbocycles. The van der Waals surface area contributed by atoms with Crippen LogP contribution >= 0.6 is 11.3 Å². The Morgan fingerprint density at radius 3 is 2.85 bits per heavy atom. The fourth-order valence-electron chi connectivity index (χ4n) is 3.37. The van der Waals surface area contributed by atoms with E-state index in [1.165, 1.54) is 0 Å². The Labute approximate surface area is 158 Å². The molecule has 2 saturated heterocycles. The number of likely N-dealkylation sites (tertiary alicyclic amines) is 1. The molecule has 0 bridgehead atoms. The minimum Gasteiger partial charge on any atom is -0.379 e. The summed E-state index contributed by atoms with van der Waals surface area (Å²) in [6.45, 7) is 6.66. The Morgan fingerprint density at radius 2 is 2.08 bits per heavy atom. The van der Waals surface area contributed by atoms with E-state index in [1.807, 2.05) is 17.5 Å². The van der Waals surface area contributed by atoms with Gasteiger partial charge in [0.05, 0.1) is 25.7 Å². The van der Waals surface area contributed by atoms with E-state index < -0.39 is 0 Å². The lowest BCUT2D eigenvalue weighted by Crippen LogP contribution is -2.49. The minimum absolute atomic E-state index is 0.0639. The molecule has 7 nitrogen and oxygen atoms in total. The molecule has 1 atom stereocenters. The van der Waals surface area contributed by atoms with Crippen LogP contribution in [-0.4, -0.2) is 74.2 Å². The van der Waals surface area contributed by atoms with Crippen molar-refractivity contribution in [1.82, 2.24) is 20.4 Å². The second-order valence-corrected chi connectivity index (χ2v) is 7.80. The molecule has 26 heavy (non-hydrogen) atoms. The summed E-state index contributed by atoms with van der Waals surface area (Å²) in [5.41, 5.74) is 0. The lowest BCUT2D eigenvalue weighted by molar-refractivity contribution is -0.126. The number of carbonyl (C=O) groups is 2. The van der Waals surface area contributed by atoms with Crippen molar-refractivity contribution in [3.05, 3.63) is 22.4 Å². The van der Waals surface area contributed by atoms with Gasteiger partial charge in [0.15, 0.2) is 0 Å². The largest absolute Gasteiger partial charge is 0.379 e. The quantitative estimate of drug-likeness (QED) is 0.776. The zero-order valence-corrected chi connectivity index (χ0v) is 15.9. The zero-order valence-electron chi connectivity index (χ0n) is 15.1. The molecular weight excluding hydrogens is 352 g/mol. The van der Waals surface area contributed by atoms with Gasteiger partial charge in [0, 0.05) is 44.1 Å². The Morgan fingerprint density at radius 1 is 1.23 bits per heavy atom. The lowest BCUT2D eigenvalue weighted by atomic mass is 9.97. The van der Waals surface area contributed by atoms with Gasteiger partial charge in [-0.1, -0.05) is 6.07 Å². The number of hydrogen-bond acceptors (Lipinski definition) is 5. The van der Waals surface area contributed by atoms with Crippen molar-refractivity contribution in [3.63, 3.8) is 0 Å². The topological polar surface area (TPSA) is 73.9 Å². The van der Waals surface area contributed by atoms with E-state index in [2.05, 4.69) is 15.5 Å². The number of nitrogens with one attached hydrogen (secondary N) is 2. The molecule has 3 amide bonds. The van der Waals surface area contributed by atoms with E-state index in [-0.39, 0.29) is 17.9 Å². The van der Waals surface area contributed by atoms with E-state index in [1.54, 1.807) is 16.2 Å². The molecular formula is C18H28N4O3S. The first-order valence-electron chi connectivity index (χ1n) is 9.35. The molecule has 2 fully saturated rings. The maximum atomic E-state index is 12.4. The Kier molecular flexibility index (Phi) is 7.28. The highest BCUT2D eigenvalue weighted by molar-refractivity contribution is 7.09. The lowest BCUT2D eigenvalue weighted by Gasteiger charge is -2.32. The number of hydrogen-bond donors (Lipinski definition) is 2. The van der Waals surface area contributed by atoms with E-state index >= 15 is 0 Å². The van der Waals surface area contributed by atoms with Crippen molar-refractivity contribution in [2.75, 3.05) is 52.5 Å². The van der Waals surface area contributed by atoms with E-state index in [4.69, 9.17) is 4.74 Å². The molecule has 0 aliphatic carbocycles. The van der Waals surface area contributed by atoms with Crippen molar-refractivity contribution >= 4 is 23.3 Å². The minimum atomic E-state index is -0.110. The number of carbonyl (C=O) groups excluding carboxylic acids is 2. The normalized spacial score (nSPS) is 21.4. The smallest absolute Gasteiger partial charge is 0.317 e. The number of urea groups is 1. The number of ether oxygens (including phenoxy) is 1. The van der Waals surface area contributed by atoms with Crippen molar-refractivity contribution in [3.8, 4) is 0 Å². The number of morpholine rings is 1. The molecule has 0 radical (unpaired) electrons. The molecule has 144 valence electrons. The summed E-state index contributed by atoms with van der Waals surface area (Å²) in [7, 11) is 0. The van der Waals surface area contributed by atoms with Gasteiger partial charge in [0.25, 0.3) is 0 Å². The van der Waals surface area contributed by atoms with Gasteiger partial charge in [-0.05, 0) is 24.3 Å². The molecule has 1 aromatic heterocycles. The molecule has 0 saturated carbocycles. The van der Waals surface area contributed by atoms with Crippen LogP contribution in [0.1, 0.15) is 17.7 Å². The first kappa shape index (κ1) is 19.1. The first-order chi connectivity index (χ1) is 12.7. The summed E-state index contributed by atoms with van der Waals surface area (Å²) in [5.74, 6) is -0.0463. The van der Waals surface area contributed by atoms with Gasteiger partial charge in [0.2, 0.25) is 5.91 Å².